The number of hydrogen-bond acceptors (Lipinski definition) is 1. The molecule has 0 spiro atoms. The lowest BCUT2D eigenvalue weighted by Crippen LogP contribution is -2.10. The number of rotatable bonds is 2. The Kier molecular flexibility index (Phi) is 1.61. The zero-order chi connectivity index (χ0) is 7.73. The highest BCUT2D eigenvalue weighted by Gasteiger charge is 2.40. The van der Waals surface area contributed by atoms with Crippen molar-refractivity contribution in [2.75, 3.05) is 6.61 Å². The van der Waals surface area contributed by atoms with Crippen molar-refractivity contribution in [2.24, 2.45) is 5.92 Å². The fraction of sp³-hybridized carbons (Fsp3) is 0.600. The first-order valence-electron chi connectivity index (χ1n) is 4.26. The fourth-order valence-electron chi connectivity index (χ4n) is 1.53. The molecule has 11 heavy (non-hydrogen) atoms. The van der Waals surface area contributed by atoms with Crippen LogP contribution in [0, 0.1) is 5.92 Å². The predicted molar refractivity (Wildman–Crippen MR) is 45.4 cm³/mol. The lowest BCUT2D eigenvalue weighted by Gasteiger charge is -2.12. The lowest BCUT2D eigenvalue weighted by atomic mass is 9.93. The molecule has 1 heteroatoms. The van der Waals surface area contributed by atoms with Crippen molar-refractivity contribution in [2.45, 2.75) is 25.4 Å². The van der Waals surface area contributed by atoms with Gasteiger partial charge in [-0.15, -0.1) is 0 Å². The largest absolute Gasteiger partial charge is 0.370 e. The van der Waals surface area contributed by atoms with Gasteiger partial charge in [0.05, 0.1) is 12.2 Å². The van der Waals surface area contributed by atoms with Gasteiger partial charge in [0.1, 0.15) is 0 Å². The highest BCUT2D eigenvalue weighted by molar-refractivity contribution is 5.11. The smallest absolute Gasteiger partial charge is 0.0897 e. The van der Waals surface area contributed by atoms with Crippen LogP contribution in [-0.2, 0) is 4.74 Å². The summed E-state index contributed by atoms with van der Waals surface area (Å²) in [6.45, 7) is 3.13. The van der Waals surface area contributed by atoms with E-state index in [4.69, 9.17) is 4.74 Å². The van der Waals surface area contributed by atoms with Crippen LogP contribution in [-0.4, -0.2) is 12.2 Å². The van der Waals surface area contributed by atoms with E-state index < -0.39 is 0 Å². The minimum atomic E-state index is 0.205. The van der Waals surface area contributed by atoms with E-state index in [0.717, 1.165) is 19.4 Å². The summed E-state index contributed by atoms with van der Waals surface area (Å²) in [5.41, 5.74) is 0.205. The Labute approximate surface area is 67.7 Å². The number of epoxide rings is 1. The quantitative estimate of drug-likeness (QED) is 0.434. The van der Waals surface area contributed by atoms with Crippen LogP contribution in [0.25, 0.3) is 0 Å². The Balaban J connectivity index is 1.90. The third kappa shape index (κ3) is 1.72. The summed E-state index contributed by atoms with van der Waals surface area (Å²) in [5, 5.41) is 0. The maximum absolute atomic E-state index is 5.33. The molecule has 0 aromatic heterocycles. The minimum Gasteiger partial charge on any atom is -0.370 e. The SMILES string of the molecule is CC1(CC2C=CCC=C2)CO1. The van der Waals surface area contributed by atoms with E-state index >= 15 is 0 Å². The Hall–Kier alpha value is -0.560. The molecule has 60 valence electrons. The zero-order valence-electron chi connectivity index (χ0n) is 6.92. The third-order valence-electron chi connectivity index (χ3n) is 2.34. The van der Waals surface area contributed by atoms with E-state index in [9.17, 15) is 0 Å². The maximum atomic E-state index is 5.33. The first-order chi connectivity index (χ1) is 5.29. The van der Waals surface area contributed by atoms with Gasteiger partial charge < -0.3 is 4.74 Å². The van der Waals surface area contributed by atoms with Crippen molar-refractivity contribution in [1.29, 1.82) is 0 Å². The van der Waals surface area contributed by atoms with Gasteiger partial charge in [-0.2, -0.15) is 0 Å². The van der Waals surface area contributed by atoms with Crippen LogP contribution in [0.15, 0.2) is 24.3 Å². The minimum absolute atomic E-state index is 0.205. The summed E-state index contributed by atoms with van der Waals surface area (Å²) in [6.07, 6.45) is 11.3. The van der Waals surface area contributed by atoms with Gasteiger partial charge in [0, 0.05) is 0 Å². The molecule has 1 heterocycles. The van der Waals surface area contributed by atoms with Gasteiger partial charge in [0.15, 0.2) is 0 Å². The summed E-state index contributed by atoms with van der Waals surface area (Å²) in [6, 6.07) is 0. The van der Waals surface area contributed by atoms with Crippen LogP contribution in [0.1, 0.15) is 19.8 Å². The predicted octanol–water partition coefficient (Wildman–Crippen LogP) is 2.30. The second kappa shape index (κ2) is 2.49. The van der Waals surface area contributed by atoms with Crippen LogP contribution in [0.2, 0.25) is 0 Å². The summed E-state index contributed by atoms with van der Waals surface area (Å²) in [7, 11) is 0. The van der Waals surface area contributed by atoms with Gasteiger partial charge in [-0.05, 0) is 25.7 Å². The number of allylic oxidation sites excluding steroid dienone is 4. The molecule has 1 unspecified atom stereocenters. The molecule has 1 fully saturated rings. The molecule has 0 bridgehead atoms. The summed E-state index contributed by atoms with van der Waals surface area (Å²) in [5.74, 6) is 0.622. The summed E-state index contributed by atoms with van der Waals surface area (Å²) >= 11 is 0. The van der Waals surface area contributed by atoms with Crippen molar-refractivity contribution >= 4 is 0 Å². The molecule has 2 aliphatic rings. The first kappa shape index (κ1) is 7.11. The van der Waals surface area contributed by atoms with E-state index in [1.54, 1.807) is 0 Å². The Bertz CT molecular complexity index is 187. The second-order valence-corrected chi connectivity index (χ2v) is 3.70. The third-order valence-corrected chi connectivity index (χ3v) is 2.34. The molecule has 1 aliphatic heterocycles. The van der Waals surface area contributed by atoms with Crippen LogP contribution >= 0.6 is 0 Å². The molecule has 0 aromatic carbocycles. The summed E-state index contributed by atoms with van der Waals surface area (Å²) in [4.78, 5) is 0. The van der Waals surface area contributed by atoms with Crippen molar-refractivity contribution < 1.29 is 4.74 Å². The lowest BCUT2D eigenvalue weighted by molar-refractivity contribution is 0.297. The second-order valence-electron chi connectivity index (χ2n) is 3.70. The standard InChI is InChI=1S/C10H14O/c1-10(8-11-10)7-9-5-3-2-4-6-9/h3-6,9H,2,7-8H2,1H3. The van der Waals surface area contributed by atoms with Gasteiger partial charge in [-0.1, -0.05) is 24.3 Å². The highest BCUT2D eigenvalue weighted by atomic mass is 16.6. The fourth-order valence-corrected chi connectivity index (χ4v) is 1.53. The maximum Gasteiger partial charge on any atom is 0.0897 e. The molecule has 1 aliphatic carbocycles. The van der Waals surface area contributed by atoms with Gasteiger partial charge in [0.2, 0.25) is 0 Å². The van der Waals surface area contributed by atoms with Crippen molar-refractivity contribution in [3.05, 3.63) is 24.3 Å². The van der Waals surface area contributed by atoms with E-state index in [2.05, 4.69) is 31.2 Å². The molecule has 2 rings (SSSR count). The van der Waals surface area contributed by atoms with E-state index in [-0.39, 0.29) is 5.60 Å². The van der Waals surface area contributed by atoms with Crippen LogP contribution in [0.3, 0.4) is 0 Å². The monoisotopic (exact) mass is 150 g/mol. The van der Waals surface area contributed by atoms with E-state index in [1.807, 2.05) is 0 Å². The van der Waals surface area contributed by atoms with E-state index in [0.29, 0.717) is 5.92 Å². The molecule has 1 nitrogen and oxygen atoms in total. The number of hydrogen-bond donors (Lipinski definition) is 0. The average Bonchev–Trinajstić information content (AvgIpc) is 2.70. The molecule has 0 saturated carbocycles. The van der Waals surface area contributed by atoms with Crippen LogP contribution < -0.4 is 0 Å². The average molecular weight is 150 g/mol. The van der Waals surface area contributed by atoms with E-state index in [1.165, 1.54) is 0 Å². The number of ether oxygens (including phenoxy) is 1. The van der Waals surface area contributed by atoms with Crippen molar-refractivity contribution in [3.63, 3.8) is 0 Å². The molecule has 1 saturated heterocycles. The molecule has 0 N–H and O–H groups in total. The summed E-state index contributed by atoms with van der Waals surface area (Å²) < 4.78 is 5.33. The van der Waals surface area contributed by atoms with Crippen molar-refractivity contribution in [3.8, 4) is 0 Å². The zero-order valence-corrected chi connectivity index (χ0v) is 6.92. The molecule has 0 radical (unpaired) electrons. The Morgan fingerprint density at radius 3 is 2.64 bits per heavy atom. The molecule has 0 aromatic rings. The van der Waals surface area contributed by atoms with Crippen molar-refractivity contribution in [1.82, 2.24) is 0 Å². The molecule has 0 amide bonds. The van der Waals surface area contributed by atoms with Gasteiger partial charge in [0.25, 0.3) is 0 Å². The van der Waals surface area contributed by atoms with Crippen LogP contribution in [0.5, 0.6) is 0 Å². The van der Waals surface area contributed by atoms with Gasteiger partial charge in [-0.3, -0.25) is 0 Å². The van der Waals surface area contributed by atoms with Gasteiger partial charge in [-0.25, -0.2) is 0 Å². The molecule has 1 atom stereocenters. The van der Waals surface area contributed by atoms with Crippen LogP contribution in [0.4, 0.5) is 0 Å². The normalized spacial score (nSPS) is 36.1. The van der Waals surface area contributed by atoms with Gasteiger partial charge >= 0.3 is 0 Å². The molecular formula is C10H14O. The topological polar surface area (TPSA) is 12.5 Å². The highest BCUT2D eigenvalue weighted by Crippen LogP contribution is 2.34. The molecular weight excluding hydrogens is 136 g/mol. The first-order valence-corrected chi connectivity index (χ1v) is 4.26. The Morgan fingerprint density at radius 1 is 1.45 bits per heavy atom. The Morgan fingerprint density at radius 2 is 2.09 bits per heavy atom.